The molecule has 0 radical (unpaired) electrons. The Morgan fingerprint density at radius 3 is 2.68 bits per heavy atom. The highest BCUT2D eigenvalue weighted by atomic mass is 16.4. The minimum Gasteiger partial charge on any atom is -0.478 e. The van der Waals surface area contributed by atoms with Crippen molar-refractivity contribution in [3.05, 3.63) is 65.5 Å². The van der Waals surface area contributed by atoms with Crippen LogP contribution in [0, 0.1) is 5.41 Å². The van der Waals surface area contributed by atoms with Gasteiger partial charge in [0.15, 0.2) is 0 Å². The number of nitrogens with zero attached hydrogens (tertiary/aromatic N) is 2. The summed E-state index contributed by atoms with van der Waals surface area (Å²) < 4.78 is 0. The minimum absolute atomic E-state index is 0.195. The molecule has 1 aromatic heterocycles. The number of aromatic nitrogens is 1. The van der Waals surface area contributed by atoms with Crippen LogP contribution >= 0.6 is 0 Å². The number of benzene rings is 1. The Labute approximate surface area is 166 Å². The number of carboxylic acid groups (broad SMARTS) is 1. The zero-order valence-corrected chi connectivity index (χ0v) is 16.3. The van der Waals surface area contributed by atoms with E-state index in [-0.39, 0.29) is 5.41 Å². The maximum atomic E-state index is 11.3. The van der Waals surface area contributed by atoms with Gasteiger partial charge in [-0.15, -0.1) is 0 Å². The predicted octanol–water partition coefficient (Wildman–Crippen LogP) is 3.36. The normalized spacial score (nSPS) is 19.4. The summed E-state index contributed by atoms with van der Waals surface area (Å²) in [6.07, 6.45) is 7.62. The Kier molecular flexibility index (Phi) is 5.74. The summed E-state index contributed by atoms with van der Waals surface area (Å²) in [5.74, 6) is -0.850. The number of likely N-dealkylation sites (tertiary alicyclic amines) is 1. The van der Waals surface area contributed by atoms with E-state index in [4.69, 9.17) is 0 Å². The molecule has 0 spiro atoms. The number of piperidine rings is 1. The summed E-state index contributed by atoms with van der Waals surface area (Å²) in [6.45, 7) is 4.04. The molecule has 5 heteroatoms. The molecule has 1 saturated heterocycles. The van der Waals surface area contributed by atoms with Crippen molar-refractivity contribution in [3.8, 4) is 0 Å². The fraction of sp³-hybridized carbons (Fsp3) is 0.478. The highest BCUT2D eigenvalue weighted by Gasteiger charge is 2.36. The highest BCUT2D eigenvalue weighted by Crippen LogP contribution is 2.36. The first-order chi connectivity index (χ1) is 13.6. The summed E-state index contributed by atoms with van der Waals surface area (Å²) in [4.78, 5) is 18.3. The van der Waals surface area contributed by atoms with Crippen LogP contribution in [0.3, 0.4) is 0 Å². The fourth-order valence-corrected chi connectivity index (χ4v) is 4.22. The molecule has 1 saturated carbocycles. The summed E-state index contributed by atoms with van der Waals surface area (Å²) in [5.41, 5.74) is 2.84. The zero-order valence-electron chi connectivity index (χ0n) is 16.3. The Morgan fingerprint density at radius 1 is 1.18 bits per heavy atom. The molecule has 1 aliphatic carbocycles. The summed E-state index contributed by atoms with van der Waals surface area (Å²) in [7, 11) is 0. The van der Waals surface area contributed by atoms with E-state index in [1.807, 2.05) is 30.5 Å². The van der Waals surface area contributed by atoms with Crippen molar-refractivity contribution in [1.82, 2.24) is 15.2 Å². The third-order valence-electron chi connectivity index (χ3n) is 6.12. The molecular formula is C23H29N3O2. The van der Waals surface area contributed by atoms with Crippen LogP contribution in [0.15, 0.2) is 48.7 Å². The van der Waals surface area contributed by atoms with E-state index in [0.29, 0.717) is 11.6 Å². The maximum Gasteiger partial charge on any atom is 0.335 e. The lowest BCUT2D eigenvalue weighted by Crippen LogP contribution is -2.46. The van der Waals surface area contributed by atoms with Crippen molar-refractivity contribution >= 4 is 5.97 Å². The van der Waals surface area contributed by atoms with Crippen LogP contribution in [-0.2, 0) is 13.0 Å². The van der Waals surface area contributed by atoms with Crippen molar-refractivity contribution < 1.29 is 9.90 Å². The zero-order chi connectivity index (χ0) is 19.4. The third kappa shape index (κ3) is 4.97. The quantitative estimate of drug-likeness (QED) is 0.736. The second kappa shape index (κ2) is 8.41. The summed E-state index contributed by atoms with van der Waals surface area (Å²) in [6, 6.07) is 14.3. The Bertz CT molecular complexity index is 797. The molecule has 2 aliphatic rings. The lowest BCUT2D eigenvalue weighted by atomic mass is 9.73. The molecule has 0 bridgehead atoms. The number of rotatable bonds is 8. The van der Waals surface area contributed by atoms with Crippen molar-refractivity contribution in [2.45, 2.75) is 44.7 Å². The monoisotopic (exact) mass is 379 g/mol. The number of hydrogen-bond acceptors (Lipinski definition) is 4. The molecule has 0 unspecified atom stereocenters. The number of carbonyl (C=O) groups is 1. The molecule has 0 amide bonds. The highest BCUT2D eigenvalue weighted by molar-refractivity contribution is 5.87. The average Bonchev–Trinajstić information content (AvgIpc) is 3.54. The van der Waals surface area contributed by atoms with Gasteiger partial charge in [0, 0.05) is 25.3 Å². The number of aromatic carboxylic acids is 1. The van der Waals surface area contributed by atoms with Crippen LogP contribution < -0.4 is 5.32 Å². The van der Waals surface area contributed by atoms with Gasteiger partial charge in [0.05, 0.1) is 11.3 Å². The van der Waals surface area contributed by atoms with Gasteiger partial charge in [-0.3, -0.25) is 9.88 Å². The van der Waals surface area contributed by atoms with Gasteiger partial charge in [-0.25, -0.2) is 4.79 Å². The first-order valence-electron chi connectivity index (χ1n) is 10.3. The molecule has 1 aromatic carbocycles. The Hall–Kier alpha value is -2.24. The van der Waals surface area contributed by atoms with E-state index in [0.717, 1.165) is 56.7 Å². The van der Waals surface area contributed by atoms with Gasteiger partial charge in [-0.05, 0) is 80.4 Å². The smallest absolute Gasteiger partial charge is 0.335 e. The van der Waals surface area contributed by atoms with Gasteiger partial charge in [0.1, 0.15) is 0 Å². The van der Waals surface area contributed by atoms with Gasteiger partial charge >= 0.3 is 5.97 Å². The van der Waals surface area contributed by atoms with Crippen LogP contribution in [0.1, 0.15) is 47.3 Å². The lowest BCUT2D eigenvalue weighted by molar-refractivity contribution is 0.0696. The SMILES string of the molecule is O=C(O)c1cccc(CC2(CNC3CC3)CCN(Cc3ccccn3)CC2)c1. The van der Waals surface area contributed by atoms with Crippen molar-refractivity contribution in [1.29, 1.82) is 0 Å². The number of hydrogen-bond donors (Lipinski definition) is 2. The summed E-state index contributed by atoms with van der Waals surface area (Å²) >= 11 is 0. The minimum atomic E-state index is -0.850. The van der Waals surface area contributed by atoms with E-state index in [2.05, 4.69) is 27.3 Å². The predicted molar refractivity (Wildman–Crippen MR) is 109 cm³/mol. The molecule has 148 valence electrons. The van der Waals surface area contributed by atoms with Crippen LogP contribution in [0.25, 0.3) is 0 Å². The molecule has 2 heterocycles. The standard InChI is InChI=1S/C23H29N3O2/c27-22(28)19-5-3-4-18(14-19)15-23(17-25-20-7-8-20)9-12-26(13-10-23)16-21-6-1-2-11-24-21/h1-6,11,14,20,25H,7-10,12-13,15-17H2,(H,27,28). The molecule has 2 N–H and O–H groups in total. The Morgan fingerprint density at radius 2 is 2.00 bits per heavy atom. The maximum absolute atomic E-state index is 11.3. The second-order valence-electron chi connectivity index (χ2n) is 8.43. The second-order valence-corrected chi connectivity index (χ2v) is 8.43. The van der Waals surface area contributed by atoms with Gasteiger partial charge in [-0.2, -0.15) is 0 Å². The van der Waals surface area contributed by atoms with E-state index in [9.17, 15) is 9.90 Å². The van der Waals surface area contributed by atoms with Crippen molar-refractivity contribution in [2.75, 3.05) is 19.6 Å². The molecule has 5 nitrogen and oxygen atoms in total. The van der Waals surface area contributed by atoms with E-state index in [1.165, 1.54) is 12.8 Å². The third-order valence-corrected chi connectivity index (χ3v) is 6.12. The van der Waals surface area contributed by atoms with Gasteiger partial charge in [0.2, 0.25) is 0 Å². The molecule has 1 aliphatic heterocycles. The molecule has 2 aromatic rings. The van der Waals surface area contributed by atoms with Crippen LogP contribution in [0.4, 0.5) is 0 Å². The summed E-state index contributed by atoms with van der Waals surface area (Å²) in [5, 5.41) is 13.1. The molecule has 0 atom stereocenters. The number of carboxylic acids is 1. The first-order valence-corrected chi connectivity index (χ1v) is 10.3. The topological polar surface area (TPSA) is 65.5 Å². The average molecular weight is 380 g/mol. The van der Waals surface area contributed by atoms with Crippen LogP contribution in [-0.4, -0.2) is 46.6 Å². The van der Waals surface area contributed by atoms with Crippen molar-refractivity contribution in [3.63, 3.8) is 0 Å². The Balaban J connectivity index is 1.43. The molecule has 4 rings (SSSR count). The fourth-order valence-electron chi connectivity index (χ4n) is 4.22. The van der Waals surface area contributed by atoms with Gasteiger partial charge < -0.3 is 10.4 Å². The first kappa shape index (κ1) is 19.1. The van der Waals surface area contributed by atoms with Crippen molar-refractivity contribution in [2.24, 2.45) is 5.41 Å². The number of pyridine rings is 1. The molecular weight excluding hydrogens is 350 g/mol. The number of nitrogens with one attached hydrogen (secondary N) is 1. The van der Waals surface area contributed by atoms with Crippen LogP contribution in [0.5, 0.6) is 0 Å². The largest absolute Gasteiger partial charge is 0.478 e. The van der Waals surface area contributed by atoms with Crippen LogP contribution in [0.2, 0.25) is 0 Å². The van der Waals surface area contributed by atoms with Gasteiger partial charge in [0.25, 0.3) is 0 Å². The molecule has 28 heavy (non-hydrogen) atoms. The molecule has 2 fully saturated rings. The van der Waals surface area contributed by atoms with Gasteiger partial charge in [-0.1, -0.05) is 18.2 Å². The van der Waals surface area contributed by atoms with E-state index >= 15 is 0 Å². The van der Waals surface area contributed by atoms with E-state index in [1.54, 1.807) is 6.07 Å². The van der Waals surface area contributed by atoms with E-state index < -0.39 is 5.97 Å². The lowest BCUT2D eigenvalue weighted by Gasteiger charge is -2.42.